The summed E-state index contributed by atoms with van der Waals surface area (Å²) in [4.78, 5) is 53.4. The third-order valence-corrected chi connectivity index (χ3v) is 5.78. The van der Waals surface area contributed by atoms with Crippen LogP contribution in [0, 0.1) is 0 Å². The topological polar surface area (TPSA) is 121 Å². The van der Waals surface area contributed by atoms with Gasteiger partial charge in [-0.2, -0.15) is 0 Å². The molecule has 0 radical (unpaired) electrons. The van der Waals surface area contributed by atoms with Gasteiger partial charge in [-0.15, -0.1) is 0 Å². The Morgan fingerprint density at radius 3 is 2.30 bits per heavy atom. The predicted octanol–water partition coefficient (Wildman–Crippen LogP) is 0.947. The molecule has 1 aliphatic rings. The maximum absolute atomic E-state index is 12.7. The Balaban J connectivity index is 1.93. The Labute approximate surface area is 162 Å². The van der Waals surface area contributed by atoms with E-state index in [0.29, 0.717) is 5.16 Å². The van der Waals surface area contributed by atoms with Crippen molar-refractivity contribution in [2.75, 3.05) is 12.4 Å². The number of nitrogens with zero attached hydrogens (tertiary/aromatic N) is 4. The fraction of sp³-hybridized carbons (Fsp3) is 0.312. The molecule has 0 aromatic carbocycles. The maximum Gasteiger partial charge on any atom is 0.377 e. The summed E-state index contributed by atoms with van der Waals surface area (Å²) in [7, 11) is 0. The van der Waals surface area contributed by atoms with Gasteiger partial charge in [0, 0.05) is 24.8 Å². The van der Waals surface area contributed by atoms with Crippen LogP contribution in [-0.4, -0.2) is 60.9 Å². The van der Waals surface area contributed by atoms with E-state index in [9.17, 15) is 14.4 Å². The molecule has 1 saturated heterocycles. The lowest BCUT2D eigenvalue weighted by Gasteiger charge is -2.28. The van der Waals surface area contributed by atoms with Crippen LogP contribution in [0.4, 0.5) is 0 Å². The number of carbonyl (C=O) groups excluding carboxylic acids is 3. The first-order valence-electron chi connectivity index (χ1n) is 7.84. The summed E-state index contributed by atoms with van der Waals surface area (Å²) < 4.78 is 10.4. The second-order valence-corrected chi connectivity index (χ2v) is 7.23. The maximum atomic E-state index is 12.7. The molecule has 2 aromatic heterocycles. The van der Waals surface area contributed by atoms with Gasteiger partial charge in [-0.25, -0.2) is 29.5 Å². The number of aromatic nitrogens is 4. The highest BCUT2D eigenvalue weighted by Crippen LogP contribution is 2.40. The average Bonchev–Trinajstić information content (AvgIpc) is 2.94. The van der Waals surface area contributed by atoms with E-state index in [1.807, 2.05) is 0 Å². The molecule has 0 spiro atoms. The van der Waals surface area contributed by atoms with Crippen LogP contribution in [0.3, 0.4) is 0 Å². The number of thioether (sulfide) groups is 2. The fourth-order valence-corrected chi connectivity index (χ4v) is 4.42. The zero-order valence-electron chi connectivity index (χ0n) is 14.1. The Morgan fingerprint density at radius 1 is 1.11 bits per heavy atom. The molecule has 0 saturated carbocycles. The van der Waals surface area contributed by atoms with Gasteiger partial charge >= 0.3 is 11.9 Å². The molecule has 0 N–H and O–H groups in total. The Bertz CT molecular complexity index is 839. The van der Waals surface area contributed by atoms with Crippen molar-refractivity contribution in [3.8, 4) is 0 Å². The van der Waals surface area contributed by atoms with E-state index in [1.54, 1.807) is 31.5 Å². The Hall–Kier alpha value is -2.53. The number of Topliss-reactive ketones (excluding diaryl/α,β-unsaturated/α-hetero) is 1. The monoisotopic (exact) mass is 406 g/mol. The zero-order chi connectivity index (χ0) is 19.3. The van der Waals surface area contributed by atoms with Gasteiger partial charge in [0.15, 0.2) is 10.3 Å². The van der Waals surface area contributed by atoms with Crippen molar-refractivity contribution in [3.63, 3.8) is 0 Å². The lowest BCUT2D eigenvalue weighted by molar-refractivity contribution is -0.171. The summed E-state index contributed by atoms with van der Waals surface area (Å²) in [5.74, 6) is -2.82. The summed E-state index contributed by atoms with van der Waals surface area (Å²) in [5, 5.41) is -0.567. The standard InChI is InChI=1S/C16H14N4O5S2/c1-2-24-13(23)16(9-26-14-17-5-3-6-18-14)11(10(21)12(22)25-16)27-15-19-7-4-8-20-15/h3-8,11H,2,9H2,1H3. The van der Waals surface area contributed by atoms with E-state index < -0.39 is 28.6 Å². The number of carbonyl (C=O) groups is 3. The number of ether oxygens (including phenoxy) is 2. The Morgan fingerprint density at radius 2 is 1.70 bits per heavy atom. The van der Waals surface area contributed by atoms with Crippen molar-refractivity contribution in [2.45, 2.75) is 28.1 Å². The smallest absolute Gasteiger partial charge is 0.377 e. The molecule has 27 heavy (non-hydrogen) atoms. The van der Waals surface area contributed by atoms with Gasteiger partial charge in [-0.05, 0) is 19.1 Å². The van der Waals surface area contributed by atoms with Gasteiger partial charge < -0.3 is 9.47 Å². The van der Waals surface area contributed by atoms with Crippen LogP contribution in [0.25, 0.3) is 0 Å². The molecule has 140 valence electrons. The van der Waals surface area contributed by atoms with Gasteiger partial charge in [0.05, 0.1) is 12.4 Å². The largest absolute Gasteiger partial charge is 0.463 e. The number of cyclic esters (lactones) is 1. The van der Waals surface area contributed by atoms with Crippen molar-refractivity contribution in [1.82, 2.24) is 19.9 Å². The molecule has 0 amide bonds. The molecule has 9 nitrogen and oxygen atoms in total. The third-order valence-electron chi connectivity index (χ3n) is 3.48. The van der Waals surface area contributed by atoms with Gasteiger partial charge in [0.1, 0.15) is 5.25 Å². The van der Waals surface area contributed by atoms with Crippen LogP contribution in [0.15, 0.2) is 47.2 Å². The van der Waals surface area contributed by atoms with Crippen molar-refractivity contribution in [2.24, 2.45) is 0 Å². The molecular weight excluding hydrogens is 392 g/mol. The molecule has 1 aliphatic heterocycles. The third kappa shape index (κ3) is 4.08. The first-order valence-corrected chi connectivity index (χ1v) is 9.71. The van der Waals surface area contributed by atoms with Crippen molar-refractivity contribution in [3.05, 3.63) is 36.9 Å². The second kappa shape index (κ2) is 8.44. The van der Waals surface area contributed by atoms with Gasteiger partial charge in [-0.1, -0.05) is 23.5 Å². The summed E-state index contributed by atoms with van der Waals surface area (Å²) in [5.41, 5.74) is -1.82. The average molecular weight is 406 g/mol. The molecule has 1 fully saturated rings. The number of hydrogen-bond acceptors (Lipinski definition) is 11. The van der Waals surface area contributed by atoms with Crippen molar-refractivity contribution >= 4 is 41.2 Å². The first kappa shape index (κ1) is 19.2. The molecule has 2 unspecified atom stereocenters. The predicted molar refractivity (Wildman–Crippen MR) is 94.9 cm³/mol. The second-order valence-electron chi connectivity index (χ2n) is 5.21. The van der Waals surface area contributed by atoms with E-state index in [2.05, 4.69) is 19.9 Å². The quantitative estimate of drug-likeness (QED) is 0.283. The van der Waals surface area contributed by atoms with E-state index >= 15 is 0 Å². The SMILES string of the molecule is CCOC(=O)C1(CSc2ncccn2)OC(=O)C(=O)C1Sc1ncccn1. The molecule has 11 heteroatoms. The van der Waals surface area contributed by atoms with Gasteiger partial charge in [-0.3, -0.25) is 4.79 Å². The van der Waals surface area contributed by atoms with E-state index in [4.69, 9.17) is 9.47 Å². The van der Waals surface area contributed by atoms with Crippen LogP contribution in [0.5, 0.6) is 0 Å². The van der Waals surface area contributed by atoms with Crippen LogP contribution in [0.2, 0.25) is 0 Å². The number of rotatable bonds is 7. The lowest BCUT2D eigenvalue weighted by atomic mass is 10.0. The van der Waals surface area contributed by atoms with E-state index in [-0.39, 0.29) is 17.5 Å². The van der Waals surface area contributed by atoms with Crippen LogP contribution in [0.1, 0.15) is 6.92 Å². The molecule has 0 bridgehead atoms. The minimum Gasteiger partial charge on any atom is -0.463 e. The molecule has 2 atom stereocenters. The highest BCUT2D eigenvalue weighted by atomic mass is 32.2. The van der Waals surface area contributed by atoms with Gasteiger partial charge in [0.25, 0.3) is 5.78 Å². The van der Waals surface area contributed by atoms with Crippen LogP contribution < -0.4 is 0 Å². The minimum absolute atomic E-state index is 0.0675. The summed E-state index contributed by atoms with van der Waals surface area (Å²) in [6, 6.07) is 3.26. The number of hydrogen-bond donors (Lipinski definition) is 0. The molecule has 3 rings (SSSR count). The number of esters is 2. The molecule has 3 heterocycles. The molecular formula is C16H14N4O5S2. The Kier molecular flexibility index (Phi) is 6.01. The fourth-order valence-electron chi connectivity index (χ4n) is 2.29. The summed E-state index contributed by atoms with van der Waals surface area (Å²) in [6.07, 6.45) is 6.08. The number of ketones is 1. The lowest BCUT2D eigenvalue weighted by Crippen LogP contribution is -2.51. The van der Waals surface area contributed by atoms with E-state index in [0.717, 1.165) is 23.5 Å². The highest BCUT2D eigenvalue weighted by molar-refractivity contribution is 8.01. The normalized spacial score (nSPS) is 21.7. The first-order chi connectivity index (χ1) is 13.1. The zero-order valence-corrected chi connectivity index (χ0v) is 15.7. The highest BCUT2D eigenvalue weighted by Gasteiger charge is 2.62. The van der Waals surface area contributed by atoms with E-state index in [1.165, 1.54) is 12.4 Å². The van der Waals surface area contributed by atoms with Crippen LogP contribution >= 0.6 is 23.5 Å². The summed E-state index contributed by atoms with van der Waals surface area (Å²) in [6.45, 7) is 1.69. The van der Waals surface area contributed by atoms with Crippen molar-refractivity contribution < 1.29 is 23.9 Å². The molecule has 2 aromatic rings. The van der Waals surface area contributed by atoms with Crippen LogP contribution in [-0.2, 0) is 23.9 Å². The molecule has 0 aliphatic carbocycles. The summed E-state index contributed by atoms with van der Waals surface area (Å²) >= 11 is 1.97. The minimum atomic E-state index is -1.82. The van der Waals surface area contributed by atoms with Gasteiger partial charge in [0.2, 0.25) is 5.60 Å². The van der Waals surface area contributed by atoms with Crippen molar-refractivity contribution in [1.29, 1.82) is 0 Å².